The third-order valence-corrected chi connectivity index (χ3v) is 4.05. The highest BCUT2D eigenvalue weighted by Crippen LogP contribution is 2.22. The Hall–Kier alpha value is -1.60. The van der Waals surface area contributed by atoms with Gasteiger partial charge in [-0.3, -0.25) is 0 Å². The molecular formula is C15H12ClIN4. The summed E-state index contributed by atoms with van der Waals surface area (Å²) in [6.07, 6.45) is 1.77. The van der Waals surface area contributed by atoms with Gasteiger partial charge in [0.25, 0.3) is 0 Å². The third kappa shape index (κ3) is 3.54. The number of rotatable bonds is 4. The Morgan fingerprint density at radius 1 is 1.14 bits per heavy atom. The van der Waals surface area contributed by atoms with Gasteiger partial charge in [-0.1, -0.05) is 29.8 Å². The Morgan fingerprint density at radius 2 is 1.95 bits per heavy atom. The minimum Gasteiger partial charge on any atom is -0.378 e. The number of anilines is 1. The average molecular weight is 411 g/mol. The SMILES string of the molecule is Clc1ccc(NCc2cnn(-c3ccccc3)n2)c(I)c1. The van der Waals surface area contributed by atoms with Gasteiger partial charge in [0.1, 0.15) is 5.69 Å². The maximum Gasteiger partial charge on any atom is 0.102 e. The van der Waals surface area contributed by atoms with E-state index in [1.165, 1.54) is 0 Å². The lowest BCUT2D eigenvalue weighted by molar-refractivity contribution is 0.740. The molecule has 0 aliphatic heterocycles. The molecule has 0 bridgehead atoms. The van der Waals surface area contributed by atoms with Crippen LogP contribution in [-0.2, 0) is 6.54 Å². The number of hydrogen-bond acceptors (Lipinski definition) is 3. The van der Waals surface area contributed by atoms with Crippen molar-refractivity contribution < 1.29 is 0 Å². The zero-order valence-electron chi connectivity index (χ0n) is 11.0. The summed E-state index contributed by atoms with van der Waals surface area (Å²) in [7, 11) is 0. The van der Waals surface area contributed by atoms with Gasteiger partial charge in [0, 0.05) is 14.3 Å². The van der Waals surface area contributed by atoms with Crippen LogP contribution < -0.4 is 5.32 Å². The molecule has 0 aliphatic rings. The molecule has 3 aromatic rings. The summed E-state index contributed by atoms with van der Waals surface area (Å²) in [6, 6.07) is 15.6. The molecule has 3 rings (SSSR count). The van der Waals surface area contributed by atoms with E-state index in [1.807, 2.05) is 48.5 Å². The fraction of sp³-hybridized carbons (Fsp3) is 0.0667. The summed E-state index contributed by atoms with van der Waals surface area (Å²) >= 11 is 8.20. The molecule has 0 spiro atoms. The predicted octanol–water partition coefficient (Wildman–Crippen LogP) is 4.14. The molecule has 0 amide bonds. The lowest BCUT2D eigenvalue weighted by Gasteiger charge is -2.06. The van der Waals surface area contributed by atoms with Crippen LogP contribution in [0.2, 0.25) is 5.02 Å². The van der Waals surface area contributed by atoms with E-state index in [2.05, 4.69) is 38.1 Å². The van der Waals surface area contributed by atoms with Gasteiger partial charge >= 0.3 is 0 Å². The number of nitrogens with zero attached hydrogens (tertiary/aromatic N) is 3. The van der Waals surface area contributed by atoms with Crippen LogP contribution in [0.4, 0.5) is 5.69 Å². The lowest BCUT2D eigenvalue weighted by atomic mass is 10.3. The van der Waals surface area contributed by atoms with E-state index < -0.39 is 0 Å². The van der Waals surface area contributed by atoms with Crippen molar-refractivity contribution >= 4 is 39.9 Å². The molecule has 0 fully saturated rings. The maximum absolute atomic E-state index is 5.95. The van der Waals surface area contributed by atoms with Crippen molar-refractivity contribution in [1.29, 1.82) is 0 Å². The molecule has 0 unspecified atom stereocenters. The van der Waals surface area contributed by atoms with E-state index in [-0.39, 0.29) is 0 Å². The highest BCUT2D eigenvalue weighted by Gasteiger charge is 2.04. The molecule has 0 aliphatic carbocycles. The van der Waals surface area contributed by atoms with Crippen LogP contribution in [0.15, 0.2) is 54.7 Å². The monoisotopic (exact) mass is 410 g/mol. The summed E-state index contributed by atoms with van der Waals surface area (Å²) < 4.78 is 1.08. The van der Waals surface area contributed by atoms with Crippen LogP contribution in [0.1, 0.15) is 5.69 Å². The van der Waals surface area contributed by atoms with Crippen molar-refractivity contribution in [1.82, 2.24) is 15.0 Å². The fourth-order valence-electron chi connectivity index (χ4n) is 1.88. The van der Waals surface area contributed by atoms with Crippen molar-refractivity contribution in [3.05, 3.63) is 69.0 Å². The molecule has 1 aromatic heterocycles. The number of aromatic nitrogens is 3. The van der Waals surface area contributed by atoms with Crippen molar-refractivity contribution in [3.8, 4) is 5.69 Å². The maximum atomic E-state index is 5.95. The van der Waals surface area contributed by atoms with E-state index in [0.717, 1.165) is 25.7 Å². The Labute approximate surface area is 141 Å². The number of para-hydroxylation sites is 1. The van der Waals surface area contributed by atoms with Gasteiger partial charge in [-0.05, 0) is 52.9 Å². The summed E-state index contributed by atoms with van der Waals surface area (Å²) in [5, 5.41) is 12.8. The van der Waals surface area contributed by atoms with Crippen molar-refractivity contribution in [2.45, 2.75) is 6.54 Å². The second-order valence-electron chi connectivity index (χ2n) is 4.44. The molecule has 106 valence electrons. The second kappa shape index (κ2) is 6.44. The van der Waals surface area contributed by atoms with Crippen LogP contribution >= 0.6 is 34.2 Å². The van der Waals surface area contributed by atoms with E-state index in [4.69, 9.17) is 11.6 Å². The van der Waals surface area contributed by atoms with Gasteiger partial charge in [0.05, 0.1) is 18.4 Å². The van der Waals surface area contributed by atoms with Crippen molar-refractivity contribution in [2.24, 2.45) is 0 Å². The molecule has 6 heteroatoms. The molecule has 4 nitrogen and oxygen atoms in total. The third-order valence-electron chi connectivity index (χ3n) is 2.92. The van der Waals surface area contributed by atoms with Crippen LogP contribution in [-0.4, -0.2) is 15.0 Å². The highest BCUT2D eigenvalue weighted by molar-refractivity contribution is 14.1. The normalized spacial score (nSPS) is 10.6. The first-order chi connectivity index (χ1) is 10.2. The first kappa shape index (κ1) is 14.3. The molecule has 0 saturated heterocycles. The van der Waals surface area contributed by atoms with Gasteiger partial charge in [0.2, 0.25) is 0 Å². The highest BCUT2D eigenvalue weighted by atomic mass is 127. The standard InChI is InChI=1S/C15H12ClIN4/c16-11-6-7-15(14(17)8-11)18-9-12-10-19-21(20-12)13-4-2-1-3-5-13/h1-8,10,18H,9H2. The average Bonchev–Trinajstić information content (AvgIpc) is 2.96. The summed E-state index contributed by atoms with van der Waals surface area (Å²) in [6.45, 7) is 0.616. The number of hydrogen-bond donors (Lipinski definition) is 1. The van der Waals surface area contributed by atoms with E-state index >= 15 is 0 Å². The van der Waals surface area contributed by atoms with Crippen LogP contribution in [0, 0.1) is 3.57 Å². The van der Waals surface area contributed by atoms with Crippen molar-refractivity contribution in [3.63, 3.8) is 0 Å². The molecule has 1 N–H and O–H groups in total. The summed E-state index contributed by atoms with van der Waals surface area (Å²) in [4.78, 5) is 1.63. The van der Waals surface area contributed by atoms with Gasteiger partial charge in [0.15, 0.2) is 0 Å². The first-order valence-electron chi connectivity index (χ1n) is 6.38. The molecule has 0 saturated carbocycles. The van der Waals surface area contributed by atoms with Gasteiger partial charge < -0.3 is 5.32 Å². The second-order valence-corrected chi connectivity index (χ2v) is 6.04. The Kier molecular flexibility index (Phi) is 4.40. The quantitative estimate of drug-likeness (QED) is 0.658. The largest absolute Gasteiger partial charge is 0.378 e. The molecule has 0 radical (unpaired) electrons. The zero-order chi connectivity index (χ0) is 14.7. The first-order valence-corrected chi connectivity index (χ1v) is 7.83. The number of benzene rings is 2. The van der Waals surface area contributed by atoms with E-state index in [9.17, 15) is 0 Å². The number of nitrogens with one attached hydrogen (secondary N) is 1. The fourth-order valence-corrected chi connectivity index (χ4v) is 2.94. The smallest absolute Gasteiger partial charge is 0.102 e. The molecule has 0 atom stereocenters. The Balaban J connectivity index is 1.70. The topological polar surface area (TPSA) is 42.7 Å². The molecular weight excluding hydrogens is 399 g/mol. The molecule has 1 heterocycles. The van der Waals surface area contributed by atoms with E-state index in [0.29, 0.717) is 6.54 Å². The van der Waals surface area contributed by atoms with Gasteiger partial charge in [-0.25, -0.2) is 0 Å². The lowest BCUT2D eigenvalue weighted by Crippen LogP contribution is -2.03. The minimum atomic E-state index is 0.616. The van der Waals surface area contributed by atoms with Crippen LogP contribution in [0.3, 0.4) is 0 Å². The molecule has 21 heavy (non-hydrogen) atoms. The minimum absolute atomic E-state index is 0.616. The summed E-state index contributed by atoms with van der Waals surface area (Å²) in [5.41, 5.74) is 2.86. The predicted molar refractivity (Wildman–Crippen MR) is 92.9 cm³/mol. The Bertz CT molecular complexity index is 742. The van der Waals surface area contributed by atoms with Crippen LogP contribution in [0.5, 0.6) is 0 Å². The van der Waals surface area contributed by atoms with Gasteiger partial charge in [-0.15, -0.1) is 0 Å². The zero-order valence-corrected chi connectivity index (χ0v) is 13.9. The summed E-state index contributed by atoms with van der Waals surface area (Å²) in [5.74, 6) is 0. The number of halogens is 2. The van der Waals surface area contributed by atoms with Crippen molar-refractivity contribution in [2.75, 3.05) is 5.32 Å². The molecule has 2 aromatic carbocycles. The Morgan fingerprint density at radius 3 is 2.71 bits per heavy atom. The van der Waals surface area contributed by atoms with Gasteiger partial charge in [-0.2, -0.15) is 15.0 Å². The van der Waals surface area contributed by atoms with Crippen LogP contribution in [0.25, 0.3) is 5.69 Å². The van der Waals surface area contributed by atoms with E-state index in [1.54, 1.807) is 11.0 Å².